The molecule has 2 aromatic heterocycles. The number of ether oxygens (including phenoxy) is 2. The molecular weight excluding hydrogens is 750 g/mol. The minimum absolute atomic E-state index is 0.0339. The van der Waals surface area contributed by atoms with Crippen LogP contribution in [0.5, 0.6) is 0 Å². The first kappa shape index (κ1) is 43.4. The molecule has 4 aromatic carbocycles. The largest absolute Gasteiger partial charge is 0.471 e. The maximum absolute atomic E-state index is 13.4. The van der Waals surface area contributed by atoms with Gasteiger partial charge in [0.05, 0.1) is 58.5 Å². The molecule has 11 nitrogen and oxygen atoms in total. The molecule has 2 unspecified atom stereocenters. The molecule has 0 radical (unpaired) electrons. The summed E-state index contributed by atoms with van der Waals surface area (Å²) in [4.78, 5) is 48.7. The number of rotatable bonds is 14. The molecule has 0 saturated heterocycles. The molecule has 0 fully saturated rings. The van der Waals surface area contributed by atoms with Crippen LogP contribution in [0.3, 0.4) is 0 Å². The minimum atomic E-state index is -5.08. The van der Waals surface area contributed by atoms with Gasteiger partial charge in [-0.15, -0.1) is 0 Å². The average Bonchev–Trinajstić information content (AvgIpc) is 3.21. The molecule has 14 heteroatoms. The van der Waals surface area contributed by atoms with Crippen LogP contribution in [-0.2, 0) is 14.3 Å². The second-order valence-electron chi connectivity index (χ2n) is 13.7. The van der Waals surface area contributed by atoms with Gasteiger partial charge < -0.3 is 19.7 Å². The van der Waals surface area contributed by atoms with Crippen molar-refractivity contribution in [2.45, 2.75) is 59.8 Å². The van der Waals surface area contributed by atoms with E-state index in [0.717, 1.165) is 16.8 Å². The molecule has 2 heterocycles. The number of hydrogen-bond acceptors (Lipinski definition) is 8. The molecule has 0 spiro atoms. The highest BCUT2D eigenvalue weighted by atomic mass is 19.4. The summed E-state index contributed by atoms with van der Waals surface area (Å²) in [6, 6.07) is 27.8. The smallest absolute Gasteiger partial charge is 0.380 e. The molecule has 1 amide bonds. The van der Waals surface area contributed by atoms with Gasteiger partial charge in [0.2, 0.25) is 0 Å². The van der Waals surface area contributed by atoms with Gasteiger partial charge in [0.25, 0.3) is 11.1 Å². The molecule has 306 valence electrons. The number of halogens is 3. The number of alkyl halides is 3. The van der Waals surface area contributed by atoms with Gasteiger partial charge in [0, 0.05) is 26.3 Å². The zero-order chi connectivity index (χ0) is 42.0. The first-order valence-electron chi connectivity index (χ1n) is 19.2. The van der Waals surface area contributed by atoms with Gasteiger partial charge in [-0.05, 0) is 90.1 Å². The number of carbonyl (C=O) groups excluding carboxylic acids is 1. The summed E-state index contributed by atoms with van der Waals surface area (Å²) >= 11 is 0. The van der Waals surface area contributed by atoms with Crippen molar-refractivity contribution in [3.63, 3.8) is 0 Å². The van der Waals surface area contributed by atoms with Gasteiger partial charge in [-0.3, -0.25) is 23.5 Å². The van der Waals surface area contributed by atoms with E-state index < -0.39 is 23.7 Å². The lowest BCUT2D eigenvalue weighted by molar-refractivity contribution is -0.188. The summed E-state index contributed by atoms with van der Waals surface area (Å²) in [6.45, 7) is 13.0. The topological polar surface area (TPSA) is 121 Å². The van der Waals surface area contributed by atoms with Gasteiger partial charge in [-0.25, -0.2) is 9.97 Å². The zero-order valence-electron chi connectivity index (χ0n) is 33.5. The van der Waals surface area contributed by atoms with E-state index in [0.29, 0.717) is 64.6 Å². The number of benzene rings is 4. The third-order valence-electron chi connectivity index (χ3n) is 9.50. The lowest BCUT2D eigenvalue weighted by atomic mass is 10.1. The lowest BCUT2D eigenvalue weighted by Crippen LogP contribution is -2.45. The molecule has 0 saturated carbocycles. The van der Waals surface area contributed by atoms with Crippen LogP contribution in [0.25, 0.3) is 33.2 Å². The van der Waals surface area contributed by atoms with E-state index in [2.05, 4.69) is 10.3 Å². The number of aromatic nitrogens is 4. The molecule has 1 N–H and O–H groups in total. The monoisotopic (exact) mass is 798 g/mol. The van der Waals surface area contributed by atoms with Crippen molar-refractivity contribution in [1.29, 1.82) is 0 Å². The van der Waals surface area contributed by atoms with Crippen LogP contribution < -0.4 is 16.4 Å². The van der Waals surface area contributed by atoms with E-state index in [-0.39, 0.29) is 30.6 Å². The van der Waals surface area contributed by atoms with Gasteiger partial charge in [0.1, 0.15) is 11.6 Å². The summed E-state index contributed by atoms with van der Waals surface area (Å²) < 4.78 is 53.6. The van der Waals surface area contributed by atoms with E-state index in [1.54, 1.807) is 60.0 Å². The predicted molar refractivity (Wildman–Crippen MR) is 220 cm³/mol. The fourth-order valence-corrected chi connectivity index (χ4v) is 6.42. The first-order chi connectivity index (χ1) is 27.8. The fourth-order valence-electron chi connectivity index (χ4n) is 6.42. The first-order valence-corrected chi connectivity index (χ1v) is 19.2. The molecular formula is C44H49F3N6O5. The predicted octanol–water partition coefficient (Wildman–Crippen LogP) is 7.56. The van der Waals surface area contributed by atoms with Crippen molar-refractivity contribution < 1.29 is 27.4 Å². The molecule has 58 heavy (non-hydrogen) atoms. The van der Waals surface area contributed by atoms with Crippen LogP contribution >= 0.6 is 0 Å². The van der Waals surface area contributed by atoms with Crippen molar-refractivity contribution in [2.24, 2.45) is 0 Å². The second kappa shape index (κ2) is 19.6. The quantitative estimate of drug-likeness (QED) is 0.112. The molecule has 6 rings (SSSR count). The Morgan fingerprint density at radius 1 is 0.707 bits per heavy atom. The van der Waals surface area contributed by atoms with Crippen LogP contribution in [-0.4, -0.2) is 75.6 Å². The summed E-state index contributed by atoms with van der Waals surface area (Å²) in [5.41, 5.74) is 3.97. The van der Waals surface area contributed by atoms with Gasteiger partial charge >= 0.3 is 12.1 Å². The maximum atomic E-state index is 13.4. The third-order valence-corrected chi connectivity index (χ3v) is 9.50. The minimum Gasteiger partial charge on any atom is -0.380 e. The highest BCUT2D eigenvalue weighted by Crippen LogP contribution is 2.28. The van der Waals surface area contributed by atoms with Gasteiger partial charge in [-0.1, -0.05) is 59.7 Å². The van der Waals surface area contributed by atoms with Crippen LogP contribution in [0.15, 0.2) is 107 Å². The van der Waals surface area contributed by atoms with E-state index in [1.165, 1.54) is 11.5 Å². The average molecular weight is 799 g/mol. The molecule has 0 aliphatic heterocycles. The molecule has 0 bridgehead atoms. The second-order valence-corrected chi connectivity index (χ2v) is 13.7. The Labute approximate surface area is 335 Å². The molecule has 0 aliphatic carbocycles. The third kappa shape index (κ3) is 10.2. The van der Waals surface area contributed by atoms with Crippen LogP contribution in [0.4, 0.5) is 13.2 Å². The Balaban J connectivity index is 0.000000226. The number of nitrogens with one attached hydrogen (secondary N) is 1. The number of aryl methyl sites for hydroxylation is 2. The fraction of sp³-hybridized carbons (Fsp3) is 0.341. The van der Waals surface area contributed by atoms with Crippen molar-refractivity contribution >= 4 is 27.7 Å². The van der Waals surface area contributed by atoms with Crippen molar-refractivity contribution in [3.05, 3.63) is 141 Å². The van der Waals surface area contributed by atoms with Crippen LogP contribution in [0.1, 0.15) is 62.6 Å². The standard InChI is InChI=1S/C23H24F3N3O3.C21H25N3O2/c1-4-32-14-13-28(22(31)23(24,25)26)16(3)20-27-19-8-6-5-7-18(19)21(30)29(20)17-11-9-15(2)10-12-17;1-4-26-14-13-22-16(3)20-23-19-8-6-5-7-18(19)21(25)24(20)17-11-9-15(2)10-12-17/h5-12,16H,4,13-14H2,1-3H3;5-12,16,22H,4,13-14H2,1-3H3. The highest BCUT2D eigenvalue weighted by Gasteiger charge is 2.44. The summed E-state index contributed by atoms with van der Waals surface area (Å²) in [5.74, 6) is -1.27. The van der Waals surface area contributed by atoms with E-state index in [9.17, 15) is 27.6 Å². The van der Waals surface area contributed by atoms with Gasteiger partial charge in [-0.2, -0.15) is 13.2 Å². The van der Waals surface area contributed by atoms with Crippen LogP contribution in [0, 0.1) is 13.8 Å². The Morgan fingerprint density at radius 3 is 1.64 bits per heavy atom. The normalized spacial score (nSPS) is 12.6. The van der Waals surface area contributed by atoms with E-state index in [4.69, 9.17) is 14.5 Å². The lowest BCUT2D eigenvalue weighted by Gasteiger charge is -2.31. The number of amides is 1. The zero-order valence-corrected chi connectivity index (χ0v) is 33.5. The number of nitrogens with zero attached hydrogens (tertiary/aromatic N) is 5. The molecule has 6 aromatic rings. The SMILES string of the molecule is CCOCCN(C(=O)C(F)(F)F)C(C)c1nc2ccccc2c(=O)n1-c1ccc(C)cc1.CCOCCNC(C)c1nc2ccccc2c(=O)n1-c1ccc(C)cc1. The highest BCUT2D eigenvalue weighted by molar-refractivity contribution is 5.82. The van der Waals surface area contributed by atoms with Gasteiger partial charge in [0.15, 0.2) is 0 Å². The number of hydrogen-bond donors (Lipinski definition) is 1. The van der Waals surface area contributed by atoms with E-state index in [1.807, 2.05) is 76.2 Å². The van der Waals surface area contributed by atoms with Crippen LogP contribution in [0.2, 0.25) is 0 Å². The van der Waals surface area contributed by atoms with Crippen molar-refractivity contribution in [2.75, 3.05) is 39.5 Å². The number of fused-ring (bicyclic) bond motifs is 2. The van der Waals surface area contributed by atoms with E-state index >= 15 is 0 Å². The number of carbonyl (C=O) groups is 1. The molecule has 0 aliphatic rings. The summed E-state index contributed by atoms with van der Waals surface area (Å²) in [5, 5.41) is 4.35. The van der Waals surface area contributed by atoms with Crippen molar-refractivity contribution in [3.8, 4) is 11.4 Å². The Morgan fingerprint density at radius 2 is 1.16 bits per heavy atom. The number of para-hydroxylation sites is 2. The van der Waals surface area contributed by atoms with Crippen molar-refractivity contribution in [1.82, 2.24) is 29.3 Å². The Bertz CT molecular complexity index is 2430. The summed E-state index contributed by atoms with van der Waals surface area (Å²) in [7, 11) is 0. The summed E-state index contributed by atoms with van der Waals surface area (Å²) in [6.07, 6.45) is -5.08. The Hall–Kier alpha value is -5.70. The maximum Gasteiger partial charge on any atom is 0.471 e. The molecule has 2 atom stereocenters. The Kier molecular flexibility index (Phi) is 14.7.